The number of imidazole rings is 1. The van der Waals surface area contributed by atoms with E-state index in [-0.39, 0.29) is 0 Å². The lowest BCUT2D eigenvalue weighted by Gasteiger charge is -2.17. The summed E-state index contributed by atoms with van der Waals surface area (Å²) in [6, 6.07) is 19.1. The molecule has 0 aliphatic heterocycles. The van der Waals surface area contributed by atoms with E-state index in [1.807, 2.05) is 42.6 Å². The molecule has 2 aromatic carbocycles. The zero-order chi connectivity index (χ0) is 18.0. The maximum atomic E-state index is 6.07. The summed E-state index contributed by atoms with van der Waals surface area (Å²) in [4.78, 5) is 4.10. The molecule has 0 fully saturated rings. The van der Waals surface area contributed by atoms with E-state index in [0.29, 0.717) is 5.25 Å². The average Bonchev–Trinajstić information content (AvgIpc) is 3.19. The van der Waals surface area contributed by atoms with Crippen molar-refractivity contribution in [2.75, 3.05) is 0 Å². The van der Waals surface area contributed by atoms with Gasteiger partial charge in [-0.15, -0.1) is 11.8 Å². The predicted molar refractivity (Wildman–Crippen MR) is 113 cm³/mol. The molecule has 2 nitrogen and oxygen atoms in total. The van der Waals surface area contributed by atoms with Crippen LogP contribution in [-0.4, -0.2) is 9.55 Å². The predicted octanol–water partition coefficient (Wildman–Crippen LogP) is 6.77. The highest BCUT2D eigenvalue weighted by molar-refractivity contribution is 7.98. The van der Waals surface area contributed by atoms with Gasteiger partial charge in [0.1, 0.15) is 0 Å². The monoisotopic (exact) mass is 384 g/mol. The summed E-state index contributed by atoms with van der Waals surface area (Å²) in [5.74, 6) is 1.04. The molecule has 136 valence electrons. The lowest BCUT2D eigenvalue weighted by Crippen LogP contribution is -1.98. The molecule has 3 rings (SSSR count). The summed E-state index contributed by atoms with van der Waals surface area (Å²) >= 11 is 8.10. The van der Waals surface area contributed by atoms with Crippen molar-refractivity contribution in [1.29, 1.82) is 0 Å². The first-order chi connectivity index (χ1) is 12.8. The Hall–Kier alpha value is -1.71. The Bertz CT molecular complexity index is 742. The van der Waals surface area contributed by atoms with Crippen molar-refractivity contribution in [2.24, 2.45) is 0 Å². The SMILES string of the molecule is Clc1ccc(C(CCCCCn2ccnc2)SCc2ccccc2)cc1. The van der Waals surface area contributed by atoms with Crippen LogP contribution in [0.1, 0.15) is 42.1 Å². The molecule has 0 saturated carbocycles. The molecule has 4 heteroatoms. The van der Waals surface area contributed by atoms with Crippen LogP contribution >= 0.6 is 23.4 Å². The smallest absolute Gasteiger partial charge is 0.0945 e. The molecule has 0 N–H and O–H groups in total. The number of thioether (sulfide) groups is 1. The van der Waals surface area contributed by atoms with Gasteiger partial charge < -0.3 is 4.57 Å². The molecule has 0 radical (unpaired) electrons. The Labute approximate surface area is 165 Å². The van der Waals surface area contributed by atoms with Gasteiger partial charge in [0.2, 0.25) is 0 Å². The van der Waals surface area contributed by atoms with E-state index in [4.69, 9.17) is 11.6 Å². The fraction of sp³-hybridized carbons (Fsp3) is 0.318. The first-order valence-corrected chi connectivity index (χ1v) is 10.6. The summed E-state index contributed by atoms with van der Waals surface area (Å²) in [6.07, 6.45) is 10.7. The largest absolute Gasteiger partial charge is 0.337 e. The summed E-state index contributed by atoms with van der Waals surface area (Å²) in [5.41, 5.74) is 2.77. The Kier molecular flexibility index (Phi) is 7.66. The molecule has 1 unspecified atom stereocenters. The molecule has 1 atom stereocenters. The Balaban J connectivity index is 1.51. The topological polar surface area (TPSA) is 17.8 Å². The Morgan fingerprint density at radius 3 is 2.50 bits per heavy atom. The molecular weight excluding hydrogens is 360 g/mol. The standard InChI is InChI=1S/C22H25ClN2S/c23-21-12-10-20(11-13-21)22(26-17-19-7-3-1-4-8-19)9-5-2-6-15-25-16-14-24-18-25/h1,3-4,7-8,10-14,16,18,22H,2,5-6,9,15,17H2. The quantitative estimate of drug-likeness (QED) is 0.359. The van der Waals surface area contributed by atoms with Crippen LogP contribution in [0.15, 0.2) is 73.3 Å². The second-order valence-electron chi connectivity index (χ2n) is 6.49. The van der Waals surface area contributed by atoms with Crippen LogP contribution in [0.5, 0.6) is 0 Å². The van der Waals surface area contributed by atoms with Crippen LogP contribution < -0.4 is 0 Å². The van der Waals surface area contributed by atoms with Gasteiger partial charge in [0.25, 0.3) is 0 Å². The van der Waals surface area contributed by atoms with Gasteiger partial charge in [0.15, 0.2) is 0 Å². The van der Waals surface area contributed by atoms with Crippen LogP contribution in [0.3, 0.4) is 0 Å². The number of aromatic nitrogens is 2. The first-order valence-electron chi connectivity index (χ1n) is 9.18. The number of unbranched alkanes of at least 4 members (excludes halogenated alkanes) is 2. The molecule has 0 amide bonds. The zero-order valence-electron chi connectivity index (χ0n) is 14.9. The molecule has 1 heterocycles. The van der Waals surface area contributed by atoms with Gasteiger partial charge in [-0.1, -0.05) is 66.9 Å². The lowest BCUT2D eigenvalue weighted by molar-refractivity contribution is 0.569. The molecule has 0 aliphatic carbocycles. The number of hydrogen-bond acceptors (Lipinski definition) is 2. The van der Waals surface area contributed by atoms with Gasteiger partial charge in [-0.3, -0.25) is 0 Å². The number of hydrogen-bond donors (Lipinski definition) is 0. The number of benzene rings is 2. The van der Waals surface area contributed by atoms with Crippen molar-refractivity contribution in [2.45, 2.75) is 43.2 Å². The molecule has 0 spiro atoms. The second-order valence-corrected chi connectivity index (χ2v) is 8.11. The molecule has 0 bridgehead atoms. The van der Waals surface area contributed by atoms with Crippen LogP contribution in [0.4, 0.5) is 0 Å². The van der Waals surface area contributed by atoms with Crippen molar-refractivity contribution in [3.8, 4) is 0 Å². The highest BCUT2D eigenvalue weighted by Crippen LogP contribution is 2.36. The molecule has 0 aliphatic rings. The average molecular weight is 385 g/mol. The van der Waals surface area contributed by atoms with Crippen LogP contribution in [0, 0.1) is 0 Å². The third kappa shape index (κ3) is 6.22. The second kappa shape index (κ2) is 10.4. The summed E-state index contributed by atoms with van der Waals surface area (Å²) < 4.78 is 2.15. The maximum Gasteiger partial charge on any atom is 0.0945 e. The molecular formula is C22H25ClN2S. The van der Waals surface area contributed by atoms with Gasteiger partial charge in [-0.25, -0.2) is 4.98 Å². The van der Waals surface area contributed by atoms with Crippen LogP contribution in [0.2, 0.25) is 5.02 Å². The fourth-order valence-corrected chi connectivity index (χ4v) is 4.41. The van der Waals surface area contributed by atoms with E-state index in [1.54, 1.807) is 0 Å². The number of nitrogens with zero attached hydrogens (tertiary/aromatic N) is 2. The van der Waals surface area contributed by atoms with Gasteiger partial charge >= 0.3 is 0 Å². The molecule has 3 aromatic rings. The number of aryl methyl sites for hydroxylation is 1. The van der Waals surface area contributed by atoms with Crippen LogP contribution in [0.25, 0.3) is 0 Å². The van der Waals surface area contributed by atoms with Gasteiger partial charge in [-0.2, -0.15) is 0 Å². The van der Waals surface area contributed by atoms with Crippen molar-refractivity contribution in [3.05, 3.63) is 89.5 Å². The fourth-order valence-electron chi connectivity index (χ4n) is 3.01. The van der Waals surface area contributed by atoms with E-state index in [1.165, 1.54) is 36.8 Å². The molecule has 0 saturated heterocycles. The summed E-state index contributed by atoms with van der Waals surface area (Å²) in [5, 5.41) is 1.32. The molecule has 1 aromatic heterocycles. The van der Waals surface area contributed by atoms with Gasteiger partial charge in [-0.05, 0) is 36.1 Å². The summed E-state index contributed by atoms with van der Waals surface area (Å²) in [7, 11) is 0. The molecule has 26 heavy (non-hydrogen) atoms. The van der Waals surface area contributed by atoms with Crippen molar-refractivity contribution >= 4 is 23.4 Å². The van der Waals surface area contributed by atoms with E-state index in [9.17, 15) is 0 Å². The maximum absolute atomic E-state index is 6.07. The van der Waals surface area contributed by atoms with Crippen molar-refractivity contribution in [3.63, 3.8) is 0 Å². The minimum Gasteiger partial charge on any atom is -0.337 e. The highest BCUT2D eigenvalue weighted by Gasteiger charge is 2.12. The van der Waals surface area contributed by atoms with Gasteiger partial charge in [0, 0.05) is 35.0 Å². The minimum atomic E-state index is 0.515. The highest BCUT2D eigenvalue weighted by atomic mass is 35.5. The Morgan fingerprint density at radius 2 is 1.77 bits per heavy atom. The third-order valence-electron chi connectivity index (χ3n) is 4.48. The van der Waals surface area contributed by atoms with Gasteiger partial charge in [0.05, 0.1) is 6.33 Å². The summed E-state index contributed by atoms with van der Waals surface area (Å²) in [6.45, 7) is 1.06. The lowest BCUT2D eigenvalue weighted by atomic mass is 10.1. The van der Waals surface area contributed by atoms with E-state index >= 15 is 0 Å². The third-order valence-corrected chi connectivity index (χ3v) is 6.14. The van der Waals surface area contributed by atoms with E-state index in [2.05, 4.69) is 52.0 Å². The number of rotatable bonds is 10. The zero-order valence-corrected chi connectivity index (χ0v) is 16.5. The van der Waals surface area contributed by atoms with Crippen molar-refractivity contribution < 1.29 is 0 Å². The van der Waals surface area contributed by atoms with E-state index < -0.39 is 0 Å². The van der Waals surface area contributed by atoms with Crippen molar-refractivity contribution in [1.82, 2.24) is 9.55 Å². The minimum absolute atomic E-state index is 0.515. The normalized spacial score (nSPS) is 12.2. The first kappa shape index (κ1) is 19.1. The Morgan fingerprint density at radius 1 is 0.962 bits per heavy atom. The number of halogens is 1. The van der Waals surface area contributed by atoms with Crippen LogP contribution in [-0.2, 0) is 12.3 Å². The van der Waals surface area contributed by atoms with E-state index in [0.717, 1.165) is 17.3 Å².